The van der Waals surface area contributed by atoms with Crippen molar-refractivity contribution in [1.82, 2.24) is 9.80 Å². The maximum absolute atomic E-state index is 13.7. The van der Waals surface area contributed by atoms with E-state index in [9.17, 15) is 4.79 Å². The largest absolute Gasteiger partial charge is 0.370 e. The summed E-state index contributed by atoms with van der Waals surface area (Å²) in [7, 11) is 0. The molecule has 1 spiro atoms. The number of amides is 1. The van der Waals surface area contributed by atoms with Crippen molar-refractivity contribution in [3.05, 3.63) is 23.8 Å². The molecule has 1 amide bonds. The molecule has 5 nitrogen and oxygen atoms in total. The zero-order valence-corrected chi connectivity index (χ0v) is 22.2. The highest BCUT2D eigenvalue weighted by molar-refractivity contribution is 6.00. The van der Waals surface area contributed by atoms with Crippen LogP contribution in [0.2, 0.25) is 0 Å². The molecule has 1 aromatic carbocycles. The zero-order chi connectivity index (χ0) is 24.0. The monoisotopic (exact) mass is 478 g/mol. The van der Waals surface area contributed by atoms with E-state index in [1.54, 1.807) is 0 Å². The normalized spacial score (nSPS) is 30.4. The fourth-order valence-corrected chi connectivity index (χ4v) is 8.12. The van der Waals surface area contributed by atoms with Crippen LogP contribution in [0.3, 0.4) is 0 Å². The van der Waals surface area contributed by atoms with Gasteiger partial charge < -0.3 is 14.7 Å². The number of benzene rings is 1. The third-order valence-electron chi connectivity index (χ3n) is 10.4. The van der Waals surface area contributed by atoms with E-state index in [2.05, 4.69) is 51.6 Å². The Morgan fingerprint density at radius 2 is 1.69 bits per heavy atom. The first-order valence-electron chi connectivity index (χ1n) is 14.7. The average molecular weight is 479 g/mol. The second-order valence-electron chi connectivity index (χ2n) is 12.5. The molecule has 5 aliphatic rings. The lowest BCUT2D eigenvalue weighted by atomic mass is 9.77. The van der Waals surface area contributed by atoms with Crippen LogP contribution in [0.4, 0.5) is 11.4 Å². The Bertz CT molecular complexity index is 917. The van der Waals surface area contributed by atoms with Gasteiger partial charge in [-0.15, -0.1) is 0 Å². The first-order chi connectivity index (χ1) is 17.0. The van der Waals surface area contributed by atoms with Gasteiger partial charge in [0, 0.05) is 49.6 Å². The Morgan fingerprint density at radius 1 is 0.914 bits per heavy atom. The van der Waals surface area contributed by atoms with Crippen molar-refractivity contribution in [2.24, 2.45) is 11.3 Å². The van der Waals surface area contributed by atoms with E-state index in [1.165, 1.54) is 69.3 Å². The molecule has 1 saturated carbocycles. The number of likely N-dealkylation sites (tertiary alicyclic amines) is 2. The van der Waals surface area contributed by atoms with Crippen LogP contribution < -0.4 is 9.80 Å². The van der Waals surface area contributed by atoms with Crippen LogP contribution >= 0.6 is 0 Å². The van der Waals surface area contributed by atoms with Crippen molar-refractivity contribution in [3.63, 3.8) is 0 Å². The maximum Gasteiger partial charge on any atom is 0.233 e. The summed E-state index contributed by atoms with van der Waals surface area (Å²) in [6.45, 7) is 12.5. The molecule has 5 heteroatoms. The van der Waals surface area contributed by atoms with Gasteiger partial charge in [0.05, 0.1) is 5.41 Å². The number of rotatable bonds is 5. The predicted octanol–water partition coefficient (Wildman–Crippen LogP) is 5.07. The smallest absolute Gasteiger partial charge is 0.233 e. The molecular formula is C30H46N4O. The van der Waals surface area contributed by atoms with Crippen molar-refractivity contribution in [2.45, 2.75) is 90.1 Å². The molecule has 1 aromatic rings. The van der Waals surface area contributed by atoms with E-state index >= 15 is 0 Å². The number of carbonyl (C=O) groups excluding carboxylic acids is 1. The van der Waals surface area contributed by atoms with Crippen molar-refractivity contribution < 1.29 is 4.79 Å². The van der Waals surface area contributed by atoms with Crippen LogP contribution in [-0.4, -0.2) is 73.6 Å². The summed E-state index contributed by atoms with van der Waals surface area (Å²) in [5.74, 6) is 1.31. The fourth-order valence-electron chi connectivity index (χ4n) is 8.12. The Morgan fingerprint density at radius 3 is 2.40 bits per heavy atom. The molecule has 35 heavy (non-hydrogen) atoms. The minimum atomic E-state index is -0.105. The molecule has 5 fully saturated rings. The number of aryl methyl sites for hydroxylation is 1. The minimum Gasteiger partial charge on any atom is -0.370 e. The third-order valence-corrected chi connectivity index (χ3v) is 10.4. The van der Waals surface area contributed by atoms with Gasteiger partial charge in [0.2, 0.25) is 5.91 Å². The predicted molar refractivity (Wildman–Crippen MR) is 144 cm³/mol. The Kier molecular flexibility index (Phi) is 6.59. The lowest BCUT2D eigenvalue weighted by Gasteiger charge is -2.39. The molecule has 4 saturated heterocycles. The summed E-state index contributed by atoms with van der Waals surface area (Å²) in [6.07, 6.45) is 12.8. The standard InChI is InChI=1S/C30H46N4O/c1-23-20-26(32-16-11-27(22-32)33-15-5-6-24(33)2)9-10-28(23)34-19-14-30(29(34)35)12-17-31(18-13-30)21-25-7-3-4-8-25/h9-10,20,24-25,27H,3-8,11-19,21-22H2,1-2H3/t24-,27?/m1/s1. The van der Waals surface area contributed by atoms with E-state index in [0.29, 0.717) is 11.9 Å². The Balaban J connectivity index is 1.08. The number of hydrogen-bond acceptors (Lipinski definition) is 4. The topological polar surface area (TPSA) is 30.0 Å². The molecule has 0 bridgehead atoms. The molecule has 0 N–H and O–H groups in total. The van der Waals surface area contributed by atoms with E-state index in [1.807, 2.05) is 0 Å². The second kappa shape index (κ2) is 9.70. The molecule has 6 rings (SSSR count). The van der Waals surface area contributed by atoms with Crippen LogP contribution in [0, 0.1) is 18.3 Å². The number of nitrogens with zero attached hydrogens (tertiary/aromatic N) is 4. The van der Waals surface area contributed by atoms with Crippen LogP contribution in [0.5, 0.6) is 0 Å². The van der Waals surface area contributed by atoms with Gasteiger partial charge in [-0.25, -0.2) is 0 Å². The molecule has 4 heterocycles. The number of hydrogen-bond donors (Lipinski definition) is 0. The highest BCUT2D eigenvalue weighted by Gasteiger charge is 2.48. The summed E-state index contributed by atoms with van der Waals surface area (Å²) in [6, 6.07) is 8.30. The van der Waals surface area contributed by atoms with Crippen molar-refractivity contribution in [2.75, 3.05) is 55.6 Å². The van der Waals surface area contributed by atoms with E-state index in [0.717, 1.165) is 69.6 Å². The summed E-state index contributed by atoms with van der Waals surface area (Å²) in [4.78, 5) is 23.8. The van der Waals surface area contributed by atoms with Crippen LogP contribution in [-0.2, 0) is 4.79 Å². The van der Waals surface area contributed by atoms with Gasteiger partial charge in [0.25, 0.3) is 0 Å². The summed E-state index contributed by atoms with van der Waals surface area (Å²) >= 11 is 0. The van der Waals surface area contributed by atoms with Crippen LogP contribution in [0.1, 0.15) is 76.7 Å². The maximum atomic E-state index is 13.7. The first-order valence-corrected chi connectivity index (χ1v) is 14.7. The fraction of sp³-hybridized carbons (Fsp3) is 0.767. The highest BCUT2D eigenvalue weighted by atomic mass is 16.2. The summed E-state index contributed by atoms with van der Waals surface area (Å²) in [5, 5.41) is 0. The highest BCUT2D eigenvalue weighted by Crippen LogP contribution is 2.44. The summed E-state index contributed by atoms with van der Waals surface area (Å²) in [5.41, 5.74) is 3.63. The van der Waals surface area contributed by atoms with Gasteiger partial charge in [-0.2, -0.15) is 0 Å². The van der Waals surface area contributed by atoms with Crippen LogP contribution in [0.15, 0.2) is 18.2 Å². The van der Waals surface area contributed by atoms with Crippen LogP contribution in [0.25, 0.3) is 0 Å². The zero-order valence-electron chi connectivity index (χ0n) is 22.2. The number of anilines is 2. The quantitative estimate of drug-likeness (QED) is 0.591. The Labute approximate surface area is 212 Å². The molecule has 192 valence electrons. The van der Waals surface area contributed by atoms with Gasteiger partial charge in [-0.05, 0) is 115 Å². The minimum absolute atomic E-state index is 0.105. The average Bonchev–Trinajstić information content (AvgIpc) is 3.66. The van der Waals surface area contributed by atoms with E-state index < -0.39 is 0 Å². The molecule has 0 aromatic heterocycles. The van der Waals surface area contributed by atoms with Gasteiger partial charge in [-0.1, -0.05) is 12.8 Å². The summed E-state index contributed by atoms with van der Waals surface area (Å²) < 4.78 is 0. The van der Waals surface area contributed by atoms with E-state index in [4.69, 9.17) is 0 Å². The SMILES string of the molecule is Cc1cc(N2CCC(N3CCC[C@H]3C)C2)ccc1N1CCC2(CCN(CC3CCCC3)CC2)C1=O. The Hall–Kier alpha value is -1.59. The number of carbonyl (C=O) groups is 1. The molecule has 0 radical (unpaired) electrons. The third kappa shape index (κ3) is 4.52. The molecule has 2 atom stereocenters. The lowest BCUT2D eigenvalue weighted by Crippen LogP contribution is -2.45. The lowest BCUT2D eigenvalue weighted by molar-refractivity contribution is -0.128. The first kappa shape index (κ1) is 23.8. The van der Waals surface area contributed by atoms with Gasteiger partial charge in [0.15, 0.2) is 0 Å². The van der Waals surface area contributed by atoms with Gasteiger partial charge in [0.1, 0.15) is 0 Å². The van der Waals surface area contributed by atoms with Crippen molar-refractivity contribution in [1.29, 1.82) is 0 Å². The van der Waals surface area contributed by atoms with Crippen molar-refractivity contribution >= 4 is 17.3 Å². The molecular weight excluding hydrogens is 432 g/mol. The molecule has 1 aliphatic carbocycles. The van der Waals surface area contributed by atoms with Gasteiger partial charge in [-0.3, -0.25) is 9.69 Å². The second-order valence-corrected chi connectivity index (χ2v) is 12.5. The van der Waals surface area contributed by atoms with E-state index in [-0.39, 0.29) is 5.41 Å². The van der Waals surface area contributed by atoms with Gasteiger partial charge >= 0.3 is 0 Å². The number of piperidine rings is 1. The molecule has 4 aliphatic heterocycles. The van der Waals surface area contributed by atoms with Crippen molar-refractivity contribution in [3.8, 4) is 0 Å². The molecule has 1 unspecified atom stereocenters.